The summed E-state index contributed by atoms with van der Waals surface area (Å²) in [5, 5.41) is 0.899. The van der Waals surface area contributed by atoms with Gasteiger partial charge in [-0.2, -0.15) is 0 Å². The second-order valence-corrected chi connectivity index (χ2v) is 7.09. The standard InChI is InChI=1S/C11H13N2OP/c1-8-12-10-7-5-4-6-9(10)11(13-8)15(2,3)14/h4-7H,1-3H3. The van der Waals surface area contributed by atoms with Crippen molar-refractivity contribution in [2.45, 2.75) is 6.92 Å². The van der Waals surface area contributed by atoms with Gasteiger partial charge in [0.1, 0.15) is 18.4 Å². The van der Waals surface area contributed by atoms with Crippen molar-refractivity contribution in [3.05, 3.63) is 30.1 Å². The summed E-state index contributed by atoms with van der Waals surface area (Å²) in [6, 6.07) is 7.68. The minimum Gasteiger partial charge on any atom is -0.318 e. The molecule has 2 rings (SSSR count). The summed E-state index contributed by atoms with van der Waals surface area (Å²) in [7, 11) is -2.34. The van der Waals surface area contributed by atoms with Crippen molar-refractivity contribution >= 4 is 23.5 Å². The number of nitrogens with zero attached hydrogens (tertiary/aromatic N) is 2. The molecule has 0 saturated carbocycles. The molecule has 78 valence electrons. The number of benzene rings is 1. The molecular weight excluding hydrogens is 207 g/mol. The van der Waals surface area contributed by atoms with Gasteiger partial charge in [0.15, 0.2) is 0 Å². The predicted molar refractivity (Wildman–Crippen MR) is 63.4 cm³/mol. The molecule has 0 unspecified atom stereocenters. The lowest BCUT2D eigenvalue weighted by atomic mass is 10.2. The summed E-state index contributed by atoms with van der Waals surface area (Å²) >= 11 is 0. The maximum atomic E-state index is 12.1. The quantitative estimate of drug-likeness (QED) is 0.692. The Morgan fingerprint density at radius 3 is 2.47 bits per heavy atom. The minimum absolute atomic E-state index is 0.674. The zero-order chi connectivity index (χ0) is 11.1. The van der Waals surface area contributed by atoms with Crippen LogP contribution in [0.25, 0.3) is 10.9 Å². The highest BCUT2D eigenvalue weighted by atomic mass is 31.2. The maximum Gasteiger partial charge on any atom is 0.128 e. The molecule has 0 saturated heterocycles. The second kappa shape index (κ2) is 3.42. The van der Waals surface area contributed by atoms with E-state index in [-0.39, 0.29) is 0 Å². The SMILES string of the molecule is Cc1nc(P(C)(C)=O)c2ccccc2n1. The normalized spacial score (nSPS) is 11.9. The third kappa shape index (κ3) is 1.93. The number of fused-ring (bicyclic) bond motifs is 1. The molecule has 1 aromatic heterocycles. The van der Waals surface area contributed by atoms with Gasteiger partial charge in [0.05, 0.1) is 5.52 Å². The Kier molecular flexibility index (Phi) is 2.35. The van der Waals surface area contributed by atoms with E-state index in [1.54, 1.807) is 13.3 Å². The first-order valence-corrected chi connectivity index (χ1v) is 7.37. The lowest BCUT2D eigenvalue weighted by Gasteiger charge is -2.10. The largest absolute Gasteiger partial charge is 0.318 e. The Bertz CT molecular complexity index is 560. The highest BCUT2D eigenvalue weighted by Gasteiger charge is 2.17. The van der Waals surface area contributed by atoms with E-state index >= 15 is 0 Å². The van der Waals surface area contributed by atoms with Crippen molar-refractivity contribution in [3.8, 4) is 0 Å². The van der Waals surface area contributed by atoms with Crippen molar-refractivity contribution in [2.24, 2.45) is 0 Å². The van der Waals surface area contributed by atoms with E-state index in [2.05, 4.69) is 9.97 Å². The van der Waals surface area contributed by atoms with Crippen LogP contribution in [-0.4, -0.2) is 23.3 Å². The molecule has 1 heterocycles. The first-order chi connectivity index (χ1) is 6.98. The molecule has 0 aliphatic carbocycles. The fourth-order valence-corrected chi connectivity index (χ4v) is 2.74. The van der Waals surface area contributed by atoms with Crippen LogP contribution in [0.4, 0.5) is 0 Å². The smallest absolute Gasteiger partial charge is 0.128 e. The number of hydrogen-bond acceptors (Lipinski definition) is 3. The van der Waals surface area contributed by atoms with Crippen molar-refractivity contribution < 1.29 is 4.57 Å². The van der Waals surface area contributed by atoms with Gasteiger partial charge >= 0.3 is 0 Å². The molecule has 0 aliphatic rings. The van der Waals surface area contributed by atoms with Gasteiger partial charge in [-0.1, -0.05) is 18.2 Å². The average Bonchev–Trinajstić information content (AvgIpc) is 2.15. The molecule has 0 fully saturated rings. The molecule has 0 amide bonds. The lowest BCUT2D eigenvalue weighted by Crippen LogP contribution is -2.12. The van der Waals surface area contributed by atoms with Gasteiger partial charge in [-0.15, -0.1) is 0 Å². The van der Waals surface area contributed by atoms with E-state index < -0.39 is 7.14 Å². The third-order valence-electron chi connectivity index (χ3n) is 2.20. The Labute approximate surface area is 88.9 Å². The van der Waals surface area contributed by atoms with Gasteiger partial charge in [-0.25, -0.2) is 9.97 Å². The zero-order valence-corrected chi connectivity index (χ0v) is 9.95. The van der Waals surface area contributed by atoms with E-state index in [0.717, 1.165) is 10.9 Å². The fraction of sp³-hybridized carbons (Fsp3) is 0.273. The summed E-state index contributed by atoms with van der Waals surface area (Å²) in [6.07, 6.45) is 0. The minimum atomic E-state index is -2.34. The highest BCUT2D eigenvalue weighted by molar-refractivity contribution is 7.70. The van der Waals surface area contributed by atoms with E-state index in [1.165, 1.54) is 0 Å². The molecule has 0 aliphatic heterocycles. The van der Waals surface area contributed by atoms with Gasteiger partial charge in [0, 0.05) is 5.39 Å². The number of hydrogen-bond donors (Lipinski definition) is 0. The predicted octanol–water partition coefficient (Wildman–Crippen LogP) is 2.19. The van der Waals surface area contributed by atoms with Crippen LogP contribution in [0.1, 0.15) is 5.82 Å². The average molecular weight is 220 g/mol. The van der Waals surface area contributed by atoms with Gasteiger partial charge in [-0.05, 0) is 26.3 Å². The van der Waals surface area contributed by atoms with Crippen LogP contribution >= 0.6 is 7.14 Å². The van der Waals surface area contributed by atoms with Gasteiger partial charge in [0.2, 0.25) is 0 Å². The van der Waals surface area contributed by atoms with Crippen LogP contribution in [0.3, 0.4) is 0 Å². The Morgan fingerprint density at radius 2 is 1.80 bits per heavy atom. The van der Waals surface area contributed by atoms with Crippen molar-refractivity contribution in [1.82, 2.24) is 9.97 Å². The van der Waals surface area contributed by atoms with E-state index in [0.29, 0.717) is 11.3 Å². The van der Waals surface area contributed by atoms with E-state index in [1.807, 2.05) is 31.2 Å². The molecule has 15 heavy (non-hydrogen) atoms. The van der Waals surface area contributed by atoms with Gasteiger partial charge < -0.3 is 4.57 Å². The third-order valence-corrected chi connectivity index (χ3v) is 3.57. The summed E-state index contributed by atoms with van der Waals surface area (Å²) in [5.41, 5.74) is 1.55. The van der Waals surface area contributed by atoms with Crippen LogP contribution in [0, 0.1) is 6.92 Å². The maximum absolute atomic E-state index is 12.1. The molecule has 1 aromatic carbocycles. The van der Waals surface area contributed by atoms with Crippen LogP contribution in [0.5, 0.6) is 0 Å². The topological polar surface area (TPSA) is 42.9 Å². The van der Waals surface area contributed by atoms with E-state index in [9.17, 15) is 4.57 Å². The lowest BCUT2D eigenvalue weighted by molar-refractivity contribution is 0.588. The van der Waals surface area contributed by atoms with E-state index in [4.69, 9.17) is 0 Å². The fourth-order valence-electron chi connectivity index (χ4n) is 1.58. The summed E-state index contributed by atoms with van der Waals surface area (Å²) < 4.78 is 12.1. The van der Waals surface area contributed by atoms with Crippen LogP contribution < -0.4 is 5.44 Å². The number of rotatable bonds is 1. The Morgan fingerprint density at radius 1 is 1.13 bits per heavy atom. The summed E-state index contributed by atoms with van der Waals surface area (Å²) in [6.45, 7) is 5.30. The van der Waals surface area contributed by atoms with Crippen LogP contribution in [0.15, 0.2) is 24.3 Å². The van der Waals surface area contributed by atoms with Gasteiger partial charge in [-0.3, -0.25) is 0 Å². The monoisotopic (exact) mass is 220 g/mol. The zero-order valence-electron chi connectivity index (χ0n) is 9.06. The number of aryl methyl sites for hydroxylation is 1. The Hall–Kier alpha value is -1.21. The molecule has 2 aromatic rings. The van der Waals surface area contributed by atoms with Crippen molar-refractivity contribution in [1.29, 1.82) is 0 Å². The second-order valence-electron chi connectivity index (χ2n) is 3.96. The molecule has 4 heteroatoms. The highest BCUT2D eigenvalue weighted by Crippen LogP contribution is 2.36. The summed E-state index contributed by atoms with van der Waals surface area (Å²) in [4.78, 5) is 8.62. The first-order valence-electron chi connectivity index (χ1n) is 4.77. The molecule has 0 N–H and O–H groups in total. The molecule has 0 radical (unpaired) electrons. The molecule has 0 bridgehead atoms. The number of aromatic nitrogens is 2. The van der Waals surface area contributed by atoms with Crippen molar-refractivity contribution in [2.75, 3.05) is 13.3 Å². The molecule has 0 atom stereocenters. The molecule has 0 spiro atoms. The van der Waals surface area contributed by atoms with Crippen LogP contribution in [0.2, 0.25) is 0 Å². The molecular formula is C11H13N2OP. The Balaban J connectivity index is 2.89. The first kappa shape index (κ1) is 10.3. The van der Waals surface area contributed by atoms with Gasteiger partial charge in [0.25, 0.3) is 0 Å². The summed E-state index contributed by atoms with van der Waals surface area (Å²) in [5.74, 6) is 0.674. The number of para-hydroxylation sites is 1. The molecule has 3 nitrogen and oxygen atoms in total. The van der Waals surface area contributed by atoms with Crippen LogP contribution in [-0.2, 0) is 4.57 Å². The van der Waals surface area contributed by atoms with Crippen molar-refractivity contribution in [3.63, 3.8) is 0 Å².